The van der Waals surface area contributed by atoms with Crippen LogP contribution in [0.15, 0.2) is 84.1 Å². The number of nitrogens with one attached hydrogen (secondary N) is 1. The van der Waals surface area contributed by atoms with E-state index in [0.717, 1.165) is 23.4 Å². The van der Waals surface area contributed by atoms with Crippen LogP contribution in [0.25, 0.3) is 10.9 Å². The van der Waals surface area contributed by atoms with Crippen molar-refractivity contribution in [2.24, 2.45) is 5.10 Å². The number of hydrazone groups is 1. The molecule has 0 aliphatic carbocycles. The predicted molar refractivity (Wildman–Crippen MR) is 121 cm³/mol. The summed E-state index contributed by atoms with van der Waals surface area (Å²) in [5.74, 6) is 1.43. The lowest BCUT2D eigenvalue weighted by Crippen LogP contribution is -2.06. The zero-order chi connectivity index (χ0) is 20.8. The number of hydrogen-bond acceptors (Lipinski definition) is 4. The molecule has 4 aromatic rings. The Labute approximate surface area is 176 Å². The molecule has 0 radical (unpaired) electrons. The lowest BCUT2D eigenvalue weighted by atomic mass is 10.2. The van der Waals surface area contributed by atoms with Crippen LogP contribution in [-0.4, -0.2) is 25.0 Å². The summed E-state index contributed by atoms with van der Waals surface area (Å²) in [6, 6.07) is 24.7. The molecule has 0 saturated carbocycles. The van der Waals surface area contributed by atoms with E-state index in [-0.39, 0.29) is 0 Å². The van der Waals surface area contributed by atoms with Crippen molar-refractivity contribution >= 4 is 17.1 Å². The van der Waals surface area contributed by atoms with Crippen molar-refractivity contribution in [3.8, 4) is 11.5 Å². The van der Waals surface area contributed by atoms with Crippen LogP contribution in [0, 0.1) is 0 Å². The fraction of sp³-hybridized carbons (Fsp3) is 0.160. The Balaban J connectivity index is 1.49. The highest BCUT2D eigenvalue weighted by atomic mass is 16.5. The standard InChI is InChI=1S/C25H25N3O2/c1-29-24-13-12-20(14-25(24)30-2)15-26-27-16-21-18-28(17-19-8-4-3-5-9-19)23-11-7-6-10-22(21)23/h3-14,16,18,26H,15,17H2,1-2H3/b27-16+. The molecule has 5 heteroatoms. The maximum atomic E-state index is 5.36. The van der Waals surface area contributed by atoms with Crippen molar-refractivity contribution in [3.63, 3.8) is 0 Å². The molecular formula is C25H25N3O2. The Bertz CT molecular complexity index is 1150. The summed E-state index contributed by atoms with van der Waals surface area (Å²) >= 11 is 0. The first-order valence-corrected chi connectivity index (χ1v) is 9.87. The van der Waals surface area contributed by atoms with Gasteiger partial charge >= 0.3 is 0 Å². The number of aromatic nitrogens is 1. The van der Waals surface area contributed by atoms with E-state index in [1.165, 1.54) is 16.5 Å². The van der Waals surface area contributed by atoms with Crippen LogP contribution in [0.4, 0.5) is 0 Å². The minimum Gasteiger partial charge on any atom is -0.493 e. The molecule has 1 heterocycles. The molecule has 0 atom stereocenters. The van der Waals surface area contributed by atoms with E-state index in [9.17, 15) is 0 Å². The quantitative estimate of drug-likeness (QED) is 0.341. The summed E-state index contributed by atoms with van der Waals surface area (Å²) in [5.41, 5.74) is 7.75. The largest absolute Gasteiger partial charge is 0.493 e. The Morgan fingerprint density at radius 2 is 1.63 bits per heavy atom. The van der Waals surface area contributed by atoms with Crippen LogP contribution in [0.1, 0.15) is 16.7 Å². The number of methoxy groups -OCH3 is 2. The first-order valence-electron chi connectivity index (χ1n) is 9.87. The summed E-state index contributed by atoms with van der Waals surface area (Å²) in [6.07, 6.45) is 4.03. The molecular weight excluding hydrogens is 374 g/mol. The predicted octanol–water partition coefficient (Wildman–Crippen LogP) is 4.83. The number of para-hydroxylation sites is 1. The molecule has 5 nitrogen and oxygen atoms in total. The summed E-state index contributed by atoms with van der Waals surface area (Å²) in [7, 11) is 3.27. The molecule has 0 saturated heterocycles. The van der Waals surface area contributed by atoms with Crippen LogP contribution < -0.4 is 14.9 Å². The van der Waals surface area contributed by atoms with Gasteiger partial charge in [0, 0.05) is 29.2 Å². The van der Waals surface area contributed by atoms with Crippen LogP contribution in [-0.2, 0) is 13.1 Å². The molecule has 152 valence electrons. The summed E-state index contributed by atoms with van der Waals surface area (Å²) in [5, 5.41) is 5.63. The van der Waals surface area contributed by atoms with Crippen molar-refractivity contribution in [2.75, 3.05) is 14.2 Å². The average molecular weight is 399 g/mol. The third-order valence-electron chi connectivity index (χ3n) is 5.04. The highest BCUT2D eigenvalue weighted by Crippen LogP contribution is 2.27. The summed E-state index contributed by atoms with van der Waals surface area (Å²) < 4.78 is 12.9. The van der Waals surface area contributed by atoms with E-state index in [1.807, 2.05) is 30.5 Å². The molecule has 4 rings (SSSR count). The van der Waals surface area contributed by atoms with E-state index in [2.05, 4.69) is 69.8 Å². The average Bonchev–Trinajstić information content (AvgIpc) is 3.14. The molecule has 0 aliphatic rings. The van der Waals surface area contributed by atoms with Crippen molar-refractivity contribution in [1.82, 2.24) is 9.99 Å². The van der Waals surface area contributed by atoms with Gasteiger partial charge in [0.1, 0.15) is 0 Å². The number of ether oxygens (including phenoxy) is 2. The zero-order valence-corrected chi connectivity index (χ0v) is 17.2. The molecule has 0 bridgehead atoms. The second-order valence-electron chi connectivity index (χ2n) is 7.00. The fourth-order valence-electron chi connectivity index (χ4n) is 3.53. The summed E-state index contributed by atoms with van der Waals surface area (Å²) in [4.78, 5) is 0. The van der Waals surface area contributed by atoms with Gasteiger partial charge in [-0.05, 0) is 29.3 Å². The highest BCUT2D eigenvalue weighted by molar-refractivity contribution is 5.99. The van der Waals surface area contributed by atoms with Crippen molar-refractivity contribution in [1.29, 1.82) is 0 Å². The van der Waals surface area contributed by atoms with Gasteiger partial charge in [-0.3, -0.25) is 0 Å². The van der Waals surface area contributed by atoms with E-state index >= 15 is 0 Å². The van der Waals surface area contributed by atoms with Gasteiger partial charge in [0.2, 0.25) is 0 Å². The van der Waals surface area contributed by atoms with Gasteiger partial charge in [0.25, 0.3) is 0 Å². The lowest BCUT2D eigenvalue weighted by Gasteiger charge is -2.09. The van der Waals surface area contributed by atoms with Gasteiger partial charge in [-0.2, -0.15) is 5.10 Å². The van der Waals surface area contributed by atoms with E-state index in [4.69, 9.17) is 9.47 Å². The molecule has 0 aliphatic heterocycles. The topological polar surface area (TPSA) is 47.8 Å². The normalized spacial score (nSPS) is 11.1. The monoisotopic (exact) mass is 399 g/mol. The number of hydrogen-bond donors (Lipinski definition) is 1. The van der Waals surface area contributed by atoms with Gasteiger partial charge in [-0.1, -0.05) is 54.6 Å². The maximum absolute atomic E-state index is 5.36. The number of fused-ring (bicyclic) bond motifs is 1. The van der Waals surface area contributed by atoms with Crippen LogP contribution in [0.3, 0.4) is 0 Å². The SMILES string of the molecule is COc1ccc(CN/N=C/c2cn(Cc3ccccc3)c3ccccc23)cc1OC. The Morgan fingerprint density at radius 3 is 2.43 bits per heavy atom. The van der Waals surface area contributed by atoms with Gasteiger partial charge in [-0.15, -0.1) is 0 Å². The third kappa shape index (κ3) is 4.30. The molecule has 0 fully saturated rings. The fourth-order valence-corrected chi connectivity index (χ4v) is 3.53. The molecule has 1 N–H and O–H groups in total. The van der Waals surface area contributed by atoms with Gasteiger partial charge in [0.15, 0.2) is 11.5 Å². The highest BCUT2D eigenvalue weighted by Gasteiger charge is 2.07. The zero-order valence-electron chi connectivity index (χ0n) is 17.2. The van der Waals surface area contributed by atoms with Gasteiger partial charge in [-0.25, -0.2) is 0 Å². The maximum Gasteiger partial charge on any atom is 0.161 e. The van der Waals surface area contributed by atoms with Gasteiger partial charge in [0.05, 0.1) is 27.0 Å². The minimum atomic E-state index is 0.597. The Morgan fingerprint density at radius 1 is 0.867 bits per heavy atom. The number of rotatable bonds is 8. The third-order valence-corrected chi connectivity index (χ3v) is 5.04. The van der Waals surface area contributed by atoms with Crippen molar-refractivity contribution in [2.45, 2.75) is 13.1 Å². The van der Waals surface area contributed by atoms with Crippen LogP contribution >= 0.6 is 0 Å². The van der Waals surface area contributed by atoms with Gasteiger partial charge < -0.3 is 19.5 Å². The smallest absolute Gasteiger partial charge is 0.161 e. The first-order chi connectivity index (χ1) is 14.8. The Hall–Kier alpha value is -3.73. The molecule has 30 heavy (non-hydrogen) atoms. The van der Waals surface area contributed by atoms with Crippen molar-refractivity contribution in [3.05, 3.63) is 95.7 Å². The Kier molecular flexibility index (Phi) is 5.99. The van der Waals surface area contributed by atoms with Crippen LogP contribution in [0.5, 0.6) is 11.5 Å². The first kappa shape index (κ1) is 19.6. The second kappa shape index (κ2) is 9.18. The summed E-state index contributed by atoms with van der Waals surface area (Å²) in [6.45, 7) is 1.42. The lowest BCUT2D eigenvalue weighted by molar-refractivity contribution is 0.354. The number of benzene rings is 3. The molecule has 0 unspecified atom stereocenters. The van der Waals surface area contributed by atoms with Crippen LogP contribution in [0.2, 0.25) is 0 Å². The van der Waals surface area contributed by atoms with Crippen molar-refractivity contribution < 1.29 is 9.47 Å². The minimum absolute atomic E-state index is 0.597. The molecule has 0 amide bonds. The van der Waals surface area contributed by atoms with E-state index < -0.39 is 0 Å². The van der Waals surface area contributed by atoms with E-state index in [0.29, 0.717) is 12.3 Å². The van der Waals surface area contributed by atoms with E-state index in [1.54, 1.807) is 14.2 Å². The number of nitrogens with zero attached hydrogens (tertiary/aromatic N) is 2. The molecule has 3 aromatic carbocycles. The molecule has 0 spiro atoms. The molecule has 1 aromatic heterocycles. The second-order valence-corrected chi connectivity index (χ2v) is 7.00.